The van der Waals surface area contributed by atoms with E-state index in [1.54, 1.807) is 11.0 Å². The zero-order valence-electron chi connectivity index (χ0n) is 17.5. The Balaban J connectivity index is 1.32. The van der Waals surface area contributed by atoms with Gasteiger partial charge in [0.15, 0.2) is 0 Å². The van der Waals surface area contributed by atoms with Crippen LogP contribution in [0, 0.1) is 5.92 Å². The quantitative estimate of drug-likeness (QED) is 0.739. The number of carbonyl (C=O) groups excluding carboxylic acids is 2. The first-order chi connectivity index (χ1) is 15.1. The van der Waals surface area contributed by atoms with Crippen LogP contribution < -0.4 is 5.32 Å². The first kappa shape index (κ1) is 21.9. The zero-order chi connectivity index (χ0) is 21.6. The molecule has 0 bridgehead atoms. The number of likely N-dealkylation sites (tertiary alicyclic amines) is 1. The molecule has 7 nitrogen and oxygen atoms in total. The van der Waals surface area contributed by atoms with Crippen molar-refractivity contribution in [2.75, 3.05) is 45.9 Å². The molecular weight excluding hydrogens is 418 g/mol. The van der Waals surface area contributed by atoms with Crippen LogP contribution in [0.4, 0.5) is 0 Å². The summed E-state index contributed by atoms with van der Waals surface area (Å²) in [5.74, 6) is -0.0608. The highest BCUT2D eigenvalue weighted by Gasteiger charge is 2.29. The second-order valence-corrected chi connectivity index (χ2v) is 8.48. The van der Waals surface area contributed by atoms with Gasteiger partial charge in [-0.25, -0.2) is 0 Å². The standard InChI is InChI=1S/C23H28ClN3O4/c24-20-3-1-17(2-4-20)21(26-10-13-30-14-11-26)15-25-22(28)18-5-8-27(9-6-18)23(29)19-7-12-31-16-19/h1-4,7,12,16,18,21H,5-6,8-11,13-15H2,(H,25,28). The van der Waals surface area contributed by atoms with Gasteiger partial charge < -0.3 is 19.4 Å². The maximum absolute atomic E-state index is 12.9. The number of piperidine rings is 1. The van der Waals surface area contributed by atoms with Gasteiger partial charge in [0, 0.05) is 43.7 Å². The Bertz CT molecular complexity index is 857. The first-order valence-corrected chi connectivity index (χ1v) is 11.2. The Morgan fingerprint density at radius 1 is 1.06 bits per heavy atom. The minimum absolute atomic E-state index is 0.0391. The lowest BCUT2D eigenvalue weighted by molar-refractivity contribution is -0.126. The van der Waals surface area contributed by atoms with Crippen molar-refractivity contribution in [3.05, 3.63) is 59.0 Å². The van der Waals surface area contributed by atoms with Crippen LogP contribution in [-0.4, -0.2) is 67.6 Å². The van der Waals surface area contributed by atoms with E-state index < -0.39 is 0 Å². The fraction of sp³-hybridized carbons (Fsp3) is 0.478. The Labute approximate surface area is 187 Å². The van der Waals surface area contributed by atoms with Gasteiger partial charge in [0.2, 0.25) is 5.91 Å². The topological polar surface area (TPSA) is 75.0 Å². The van der Waals surface area contributed by atoms with Crippen molar-refractivity contribution >= 4 is 23.4 Å². The molecule has 3 heterocycles. The molecule has 31 heavy (non-hydrogen) atoms. The minimum atomic E-state index is -0.0797. The van der Waals surface area contributed by atoms with Crippen LogP contribution in [0.25, 0.3) is 0 Å². The van der Waals surface area contributed by atoms with Gasteiger partial charge in [0.25, 0.3) is 5.91 Å². The summed E-state index contributed by atoms with van der Waals surface area (Å²) >= 11 is 6.06. The summed E-state index contributed by atoms with van der Waals surface area (Å²) in [6.07, 6.45) is 4.29. The molecule has 1 atom stereocenters. The smallest absolute Gasteiger partial charge is 0.257 e. The van der Waals surface area contributed by atoms with Crippen LogP contribution >= 0.6 is 11.6 Å². The summed E-state index contributed by atoms with van der Waals surface area (Å²) in [7, 11) is 0. The molecule has 0 radical (unpaired) electrons. The predicted molar refractivity (Wildman–Crippen MR) is 117 cm³/mol. The summed E-state index contributed by atoms with van der Waals surface area (Å²) in [6, 6.07) is 9.57. The van der Waals surface area contributed by atoms with Crippen LogP contribution in [0.5, 0.6) is 0 Å². The van der Waals surface area contributed by atoms with E-state index in [2.05, 4.69) is 10.2 Å². The molecular formula is C23H28ClN3O4. The molecule has 2 amide bonds. The fourth-order valence-electron chi connectivity index (χ4n) is 4.29. The molecule has 1 unspecified atom stereocenters. The monoisotopic (exact) mass is 445 g/mol. The summed E-state index contributed by atoms with van der Waals surface area (Å²) in [5, 5.41) is 3.86. The largest absolute Gasteiger partial charge is 0.472 e. The van der Waals surface area contributed by atoms with E-state index in [0.717, 1.165) is 18.7 Å². The van der Waals surface area contributed by atoms with Gasteiger partial charge in [-0.2, -0.15) is 0 Å². The first-order valence-electron chi connectivity index (χ1n) is 10.8. The summed E-state index contributed by atoms with van der Waals surface area (Å²) in [4.78, 5) is 29.5. The lowest BCUT2D eigenvalue weighted by atomic mass is 9.95. The molecule has 2 fully saturated rings. The van der Waals surface area contributed by atoms with Crippen molar-refractivity contribution < 1.29 is 18.7 Å². The minimum Gasteiger partial charge on any atom is -0.472 e. The summed E-state index contributed by atoms with van der Waals surface area (Å²) in [5.41, 5.74) is 1.69. The number of hydrogen-bond acceptors (Lipinski definition) is 5. The van der Waals surface area contributed by atoms with E-state index in [0.29, 0.717) is 56.3 Å². The van der Waals surface area contributed by atoms with Gasteiger partial charge in [0.05, 0.1) is 31.1 Å². The number of ether oxygens (including phenoxy) is 1. The maximum atomic E-state index is 12.9. The number of rotatable bonds is 6. The molecule has 2 saturated heterocycles. The third kappa shape index (κ3) is 5.47. The van der Waals surface area contributed by atoms with Crippen molar-refractivity contribution in [3.63, 3.8) is 0 Å². The van der Waals surface area contributed by atoms with Crippen LogP contribution in [0.15, 0.2) is 47.3 Å². The van der Waals surface area contributed by atoms with E-state index >= 15 is 0 Å². The molecule has 0 aliphatic carbocycles. The normalized spacial score (nSPS) is 19.2. The Hall–Kier alpha value is -2.35. The SMILES string of the molecule is O=C(NCC(c1ccc(Cl)cc1)N1CCOCC1)C1CCN(C(=O)c2ccoc2)CC1. The van der Waals surface area contributed by atoms with Crippen molar-refractivity contribution in [2.24, 2.45) is 5.92 Å². The number of morpholine rings is 1. The molecule has 2 aliphatic heterocycles. The van der Waals surface area contributed by atoms with Gasteiger partial charge in [-0.3, -0.25) is 14.5 Å². The van der Waals surface area contributed by atoms with Crippen molar-refractivity contribution in [2.45, 2.75) is 18.9 Å². The van der Waals surface area contributed by atoms with Crippen molar-refractivity contribution in [3.8, 4) is 0 Å². The summed E-state index contributed by atoms with van der Waals surface area (Å²) < 4.78 is 10.5. The van der Waals surface area contributed by atoms with E-state index in [1.165, 1.54) is 12.5 Å². The van der Waals surface area contributed by atoms with Crippen molar-refractivity contribution in [1.82, 2.24) is 15.1 Å². The van der Waals surface area contributed by atoms with Gasteiger partial charge in [0.1, 0.15) is 6.26 Å². The molecule has 166 valence electrons. The highest BCUT2D eigenvalue weighted by molar-refractivity contribution is 6.30. The van der Waals surface area contributed by atoms with Crippen LogP contribution in [0.2, 0.25) is 5.02 Å². The number of nitrogens with zero attached hydrogens (tertiary/aromatic N) is 2. The number of carbonyl (C=O) groups is 2. The number of nitrogens with one attached hydrogen (secondary N) is 1. The third-order valence-electron chi connectivity index (χ3n) is 6.13. The molecule has 0 spiro atoms. The third-order valence-corrected chi connectivity index (χ3v) is 6.38. The molecule has 2 aliphatic rings. The van der Waals surface area contributed by atoms with Crippen LogP contribution in [0.3, 0.4) is 0 Å². The zero-order valence-corrected chi connectivity index (χ0v) is 18.2. The van der Waals surface area contributed by atoms with Crippen molar-refractivity contribution in [1.29, 1.82) is 0 Å². The number of furan rings is 1. The Morgan fingerprint density at radius 2 is 1.77 bits per heavy atom. The average molecular weight is 446 g/mol. The average Bonchev–Trinajstić information content (AvgIpc) is 3.35. The van der Waals surface area contributed by atoms with E-state index in [1.807, 2.05) is 24.3 Å². The lowest BCUT2D eigenvalue weighted by Crippen LogP contribution is -2.46. The van der Waals surface area contributed by atoms with Gasteiger partial charge in [-0.05, 0) is 36.6 Å². The van der Waals surface area contributed by atoms with Crippen LogP contribution in [-0.2, 0) is 9.53 Å². The number of benzene rings is 1. The molecule has 8 heteroatoms. The van der Waals surface area contributed by atoms with Gasteiger partial charge in [-0.15, -0.1) is 0 Å². The second-order valence-electron chi connectivity index (χ2n) is 8.04. The van der Waals surface area contributed by atoms with Crippen LogP contribution in [0.1, 0.15) is 34.8 Å². The Morgan fingerprint density at radius 3 is 2.42 bits per heavy atom. The molecule has 1 aromatic heterocycles. The lowest BCUT2D eigenvalue weighted by Gasteiger charge is -2.36. The number of hydrogen-bond donors (Lipinski definition) is 1. The second kappa shape index (κ2) is 10.3. The molecule has 2 aromatic rings. The highest BCUT2D eigenvalue weighted by Crippen LogP contribution is 2.24. The Kier molecular flexibility index (Phi) is 7.27. The predicted octanol–water partition coefficient (Wildman–Crippen LogP) is 2.97. The number of amides is 2. The highest BCUT2D eigenvalue weighted by atomic mass is 35.5. The molecule has 1 aromatic carbocycles. The fourth-order valence-corrected chi connectivity index (χ4v) is 4.41. The van der Waals surface area contributed by atoms with Gasteiger partial charge in [-0.1, -0.05) is 23.7 Å². The molecule has 0 saturated carbocycles. The molecule has 4 rings (SSSR count). The van der Waals surface area contributed by atoms with E-state index in [4.69, 9.17) is 20.8 Å². The summed E-state index contributed by atoms with van der Waals surface area (Å²) in [6.45, 7) is 4.74. The number of halogens is 1. The van der Waals surface area contributed by atoms with Gasteiger partial charge >= 0.3 is 0 Å². The van der Waals surface area contributed by atoms with E-state index in [9.17, 15) is 9.59 Å². The molecule has 1 N–H and O–H groups in total. The van der Waals surface area contributed by atoms with E-state index in [-0.39, 0.29) is 23.8 Å². The maximum Gasteiger partial charge on any atom is 0.257 e.